The van der Waals surface area contributed by atoms with Crippen LogP contribution in [0.25, 0.3) is 10.9 Å². The molecule has 0 aliphatic heterocycles. The lowest BCUT2D eigenvalue weighted by Crippen LogP contribution is -2.50. The van der Waals surface area contributed by atoms with E-state index in [1.54, 1.807) is 32.2 Å². The van der Waals surface area contributed by atoms with E-state index in [-0.39, 0.29) is 6.61 Å². The Morgan fingerprint density at radius 2 is 2.00 bits per heavy atom. The van der Waals surface area contributed by atoms with Crippen LogP contribution in [-0.2, 0) is 9.59 Å². The van der Waals surface area contributed by atoms with E-state index in [1.165, 1.54) is 0 Å². The largest absolute Gasteiger partial charge is 0.394 e. The van der Waals surface area contributed by atoms with E-state index in [2.05, 4.69) is 15.6 Å². The summed E-state index contributed by atoms with van der Waals surface area (Å²) in [5.74, 6) is -1.54. The van der Waals surface area contributed by atoms with E-state index in [1.807, 2.05) is 12.1 Å². The number of nitrogens with one attached hydrogen (secondary N) is 3. The van der Waals surface area contributed by atoms with Gasteiger partial charge in [0.25, 0.3) is 0 Å². The number of H-pyrrole nitrogens is 1. The van der Waals surface area contributed by atoms with Crippen molar-refractivity contribution in [2.24, 2.45) is 0 Å². The maximum absolute atomic E-state index is 11.9. The maximum atomic E-state index is 11.9. The van der Waals surface area contributed by atoms with Crippen LogP contribution in [-0.4, -0.2) is 34.1 Å². The molecule has 2 rings (SSSR count). The lowest BCUT2D eigenvalue weighted by molar-refractivity contribution is -0.137. The molecule has 0 unspecified atom stereocenters. The summed E-state index contributed by atoms with van der Waals surface area (Å²) in [7, 11) is 0. The van der Waals surface area contributed by atoms with Gasteiger partial charge in [-0.2, -0.15) is 0 Å². The van der Waals surface area contributed by atoms with E-state index in [4.69, 9.17) is 5.11 Å². The SMILES string of the molecule is CC(C)(CO)NC(=O)C(=O)Nc1cccc2[nH]ccc12. The van der Waals surface area contributed by atoms with Crippen molar-refractivity contribution in [3.8, 4) is 0 Å². The molecule has 0 radical (unpaired) electrons. The molecule has 0 atom stereocenters. The summed E-state index contributed by atoms with van der Waals surface area (Å²) in [6, 6.07) is 7.20. The van der Waals surface area contributed by atoms with Crippen LogP contribution >= 0.6 is 0 Å². The molecule has 1 aromatic heterocycles. The summed E-state index contributed by atoms with van der Waals surface area (Å²) in [4.78, 5) is 26.6. The molecular formula is C14H17N3O3. The number of carbonyl (C=O) groups is 2. The average molecular weight is 275 g/mol. The van der Waals surface area contributed by atoms with Crippen molar-refractivity contribution in [3.63, 3.8) is 0 Å². The van der Waals surface area contributed by atoms with Crippen LogP contribution in [0.4, 0.5) is 5.69 Å². The number of aromatic amines is 1. The number of hydrogen-bond donors (Lipinski definition) is 4. The van der Waals surface area contributed by atoms with Crippen LogP contribution in [0, 0.1) is 0 Å². The molecule has 0 aliphatic carbocycles. The number of carbonyl (C=O) groups excluding carboxylic acids is 2. The second-order valence-corrected chi connectivity index (χ2v) is 5.19. The van der Waals surface area contributed by atoms with Gasteiger partial charge < -0.3 is 20.7 Å². The fraction of sp³-hybridized carbons (Fsp3) is 0.286. The molecule has 6 heteroatoms. The highest BCUT2D eigenvalue weighted by Gasteiger charge is 2.23. The zero-order valence-corrected chi connectivity index (χ0v) is 11.4. The second-order valence-electron chi connectivity index (χ2n) is 5.19. The molecule has 0 saturated heterocycles. The predicted molar refractivity (Wildman–Crippen MR) is 76.2 cm³/mol. The van der Waals surface area contributed by atoms with Crippen LogP contribution in [0.3, 0.4) is 0 Å². The van der Waals surface area contributed by atoms with Crippen molar-refractivity contribution >= 4 is 28.4 Å². The van der Waals surface area contributed by atoms with E-state index < -0.39 is 17.4 Å². The molecular weight excluding hydrogens is 258 g/mol. The smallest absolute Gasteiger partial charge is 0.313 e. The molecule has 1 aromatic carbocycles. The molecule has 2 aromatic rings. The van der Waals surface area contributed by atoms with Crippen LogP contribution < -0.4 is 10.6 Å². The van der Waals surface area contributed by atoms with Gasteiger partial charge in [0.2, 0.25) is 0 Å². The van der Waals surface area contributed by atoms with Gasteiger partial charge in [-0.25, -0.2) is 0 Å². The van der Waals surface area contributed by atoms with Crippen molar-refractivity contribution < 1.29 is 14.7 Å². The maximum Gasteiger partial charge on any atom is 0.313 e. The molecule has 106 valence electrons. The van der Waals surface area contributed by atoms with E-state index in [0.29, 0.717) is 5.69 Å². The highest BCUT2D eigenvalue weighted by atomic mass is 16.3. The Labute approximate surface area is 116 Å². The molecule has 0 spiro atoms. The summed E-state index contributed by atoms with van der Waals surface area (Å²) < 4.78 is 0. The normalized spacial score (nSPS) is 11.3. The fourth-order valence-corrected chi connectivity index (χ4v) is 1.78. The molecule has 6 nitrogen and oxygen atoms in total. The fourth-order valence-electron chi connectivity index (χ4n) is 1.78. The Morgan fingerprint density at radius 3 is 2.70 bits per heavy atom. The number of rotatable bonds is 3. The highest BCUT2D eigenvalue weighted by Crippen LogP contribution is 2.21. The number of amides is 2. The number of aliphatic hydroxyl groups excluding tert-OH is 1. The van der Waals surface area contributed by atoms with Crippen LogP contribution in [0.15, 0.2) is 30.5 Å². The Hall–Kier alpha value is -2.34. The van der Waals surface area contributed by atoms with Gasteiger partial charge in [-0.3, -0.25) is 9.59 Å². The molecule has 1 heterocycles. The van der Waals surface area contributed by atoms with Gasteiger partial charge in [0.15, 0.2) is 0 Å². The van der Waals surface area contributed by atoms with Gasteiger partial charge in [0.1, 0.15) is 0 Å². The Kier molecular flexibility index (Phi) is 3.76. The van der Waals surface area contributed by atoms with Crippen molar-refractivity contribution in [2.45, 2.75) is 19.4 Å². The minimum atomic E-state index is -0.839. The number of fused-ring (bicyclic) bond motifs is 1. The van der Waals surface area contributed by atoms with Crippen molar-refractivity contribution in [1.29, 1.82) is 0 Å². The summed E-state index contributed by atoms with van der Waals surface area (Å²) >= 11 is 0. The third kappa shape index (κ3) is 2.97. The number of hydrogen-bond acceptors (Lipinski definition) is 3. The summed E-state index contributed by atoms with van der Waals surface area (Å²) in [6.07, 6.45) is 1.76. The quantitative estimate of drug-likeness (QED) is 0.629. The van der Waals surface area contributed by atoms with Gasteiger partial charge in [0, 0.05) is 17.1 Å². The highest BCUT2D eigenvalue weighted by molar-refractivity contribution is 6.40. The van der Waals surface area contributed by atoms with Gasteiger partial charge in [-0.15, -0.1) is 0 Å². The monoisotopic (exact) mass is 275 g/mol. The molecule has 0 saturated carbocycles. The van der Waals surface area contributed by atoms with Gasteiger partial charge in [-0.1, -0.05) is 6.07 Å². The lowest BCUT2D eigenvalue weighted by Gasteiger charge is -2.22. The second kappa shape index (κ2) is 5.34. The van der Waals surface area contributed by atoms with Crippen LogP contribution in [0.2, 0.25) is 0 Å². The topological polar surface area (TPSA) is 94.2 Å². The number of aliphatic hydroxyl groups is 1. The first-order chi connectivity index (χ1) is 9.43. The molecule has 0 aliphatic rings. The number of aromatic nitrogens is 1. The zero-order valence-electron chi connectivity index (χ0n) is 11.4. The van der Waals surface area contributed by atoms with Crippen LogP contribution in [0.1, 0.15) is 13.8 Å². The summed E-state index contributed by atoms with van der Waals surface area (Å²) in [6.45, 7) is 3.01. The molecule has 0 bridgehead atoms. The summed E-state index contributed by atoms with van der Waals surface area (Å²) in [5, 5.41) is 14.9. The third-order valence-electron chi connectivity index (χ3n) is 2.90. The van der Waals surface area contributed by atoms with Crippen molar-refractivity contribution in [1.82, 2.24) is 10.3 Å². The van der Waals surface area contributed by atoms with Crippen LogP contribution in [0.5, 0.6) is 0 Å². The Balaban J connectivity index is 2.12. The van der Waals surface area contributed by atoms with Crippen molar-refractivity contribution in [3.05, 3.63) is 30.5 Å². The van der Waals surface area contributed by atoms with Crippen molar-refractivity contribution in [2.75, 3.05) is 11.9 Å². The summed E-state index contributed by atoms with van der Waals surface area (Å²) in [5.41, 5.74) is 0.596. The first-order valence-electron chi connectivity index (χ1n) is 6.23. The first-order valence-corrected chi connectivity index (χ1v) is 6.23. The minimum Gasteiger partial charge on any atom is -0.394 e. The standard InChI is InChI=1S/C14H17N3O3/c1-14(2,8-18)17-13(20)12(19)16-11-5-3-4-10-9(11)6-7-15-10/h3-7,15,18H,8H2,1-2H3,(H,16,19)(H,17,20). The lowest BCUT2D eigenvalue weighted by atomic mass is 10.1. The third-order valence-corrected chi connectivity index (χ3v) is 2.90. The first kappa shape index (κ1) is 14.1. The molecule has 0 fully saturated rings. The van der Waals surface area contributed by atoms with Gasteiger partial charge >= 0.3 is 11.8 Å². The minimum absolute atomic E-state index is 0.251. The van der Waals surface area contributed by atoms with E-state index in [9.17, 15) is 9.59 Å². The predicted octanol–water partition coefficient (Wildman–Crippen LogP) is 0.993. The molecule has 20 heavy (non-hydrogen) atoms. The van der Waals surface area contributed by atoms with Gasteiger partial charge in [0.05, 0.1) is 17.8 Å². The van der Waals surface area contributed by atoms with E-state index in [0.717, 1.165) is 10.9 Å². The Morgan fingerprint density at radius 1 is 1.25 bits per heavy atom. The average Bonchev–Trinajstić information content (AvgIpc) is 2.87. The Bertz CT molecular complexity index is 646. The molecule has 2 amide bonds. The molecule has 4 N–H and O–H groups in total. The van der Waals surface area contributed by atoms with Gasteiger partial charge in [-0.05, 0) is 32.0 Å². The number of benzene rings is 1. The zero-order chi connectivity index (χ0) is 14.8. The number of anilines is 1. The van der Waals surface area contributed by atoms with E-state index >= 15 is 0 Å².